The maximum absolute atomic E-state index is 12.1. The van der Waals surface area contributed by atoms with E-state index in [1.165, 1.54) is 24.3 Å². The number of primary sulfonamides is 1. The summed E-state index contributed by atoms with van der Waals surface area (Å²) in [5, 5.41) is 7.80. The summed E-state index contributed by atoms with van der Waals surface area (Å²) in [5.74, 6) is -0.513. The van der Waals surface area contributed by atoms with Crippen molar-refractivity contribution < 1.29 is 22.7 Å². The lowest BCUT2D eigenvalue weighted by Crippen LogP contribution is -2.45. The third-order valence-corrected chi connectivity index (χ3v) is 5.48. The molecule has 0 bridgehead atoms. The number of sulfonamides is 1. The lowest BCUT2D eigenvalue weighted by Gasteiger charge is -2.37. The first kappa shape index (κ1) is 18.3. The topological polar surface area (TPSA) is 111 Å². The molecule has 2 aliphatic heterocycles. The van der Waals surface area contributed by atoms with Crippen molar-refractivity contribution in [3.8, 4) is 0 Å². The second-order valence-electron chi connectivity index (χ2n) is 6.32. The van der Waals surface area contributed by atoms with E-state index in [-0.39, 0.29) is 10.8 Å². The Balaban J connectivity index is 1.42. The minimum Gasteiger partial charge on any atom is -0.347 e. The van der Waals surface area contributed by atoms with Gasteiger partial charge in [-0.05, 0) is 24.3 Å². The van der Waals surface area contributed by atoms with Crippen molar-refractivity contribution in [2.45, 2.75) is 29.9 Å². The summed E-state index contributed by atoms with van der Waals surface area (Å²) in [7, 11) is -3.72. The van der Waals surface area contributed by atoms with Crippen LogP contribution in [0.2, 0.25) is 0 Å². The SMILES string of the molecule is NS(=O)(=O)c1ccc(NC(=O)CCN2CCC3(CC2)OCCO3)cc1. The number of amides is 1. The van der Waals surface area contributed by atoms with Crippen LogP contribution in [0.25, 0.3) is 0 Å². The molecule has 1 aromatic carbocycles. The number of anilines is 1. The number of nitrogens with one attached hydrogen (secondary N) is 1. The number of hydrogen-bond donors (Lipinski definition) is 2. The molecule has 9 heteroatoms. The molecule has 0 aromatic heterocycles. The van der Waals surface area contributed by atoms with E-state index >= 15 is 0 Å². The molecule has 3 rings (SSSR count). The number of ether oxygens (including phenoxy) is 2. The van der Waals surface area contributed by atoms with Crippen LogP contribution in [-0.2, 0) is 24.3 Å². The van der Waals surface area contributed by atoms with Crippen LogP contribution in [-0.4, -0.2) is 57.9 Å². The predicted octanol–water partition coefficient (Wildman–Crippen LogP) is 0.502. The van der Waals surface area contributed by atoms with Crippen LogP contribution in [0.5, 0.6) is 0 Å². The van der Waals surface area contributed by atoms with E-state index in [0.29, 0.717) is 31.9 Å². The van der Waals surface area contributed by atoms with Crippen LogP contribution >= 0.6 is 0 Å². The smallest absolute Gasteiger partial charge is 0.238 e. The van der Waals surface area contributed by atoms with E-state index in [1.54, 1.807) is 0 Å². The highest BCUT2D eigenvalue weighted by molar-refractivity contribution is 7.89. The molecule has 8 nitrogen and oxygen atoms in total. The van der Waals surface area contributed by atoms with Gasteiger partial charge in [0.2, 0.25) is 15.9 Å². The first-order chi connectivity index (χ1) is 11.9. The van der Waals surface area contributed by atoms with Crippen molar-refractivity contribution in [1.29, 1.82) is 0 Å². The molecule has 1 amide bonds. The minimum absolute atomic E-state index is 0.0177. The molecule has 1 aromatic rings. The zero-order valence-electron chi connectivity index (χ0n) is 13.9. The Morgan fingerprint density at radius 2 is 1.76 bits per heavy atom. The summed E-state index contributed by atoms with van der Waals surface area (Å²) in [6, 6.07) is 5.79. The summed E-state index contributed by atoms with van der Waals surface area (Å²) < 4.78 is 33.8. The Morgan fingerprint density at radius 1 is 1.16 bits per heavy atom. The van der Waals surface area contributed by atoms with Gasteiger partial charge in [-0.15, -0.1) is 0 Å². The third kappa shape index (κ3) is 4.77. The largest absolute Gasteiger partial charge is 0.347 e. The van der Waals surface area contributed by atoms with E-state index in [1.807, 2.05) is 0 Å². The van der Waals surface area contributed by atoms with Crippen LogP contribution in [0.3, 0.4) is 0 Å². The van der Waals surface area contributed by atoms with Gasteiger partial charge in [-0.25, -0.2) is 13.6 Å². The van der Waals surface area contributed by atoms with Gasteiger partial charge in [-0.2, -0.15) is 0 Å². The highest BCUT2D eigenvalue weighted by Gasteiger charge is 2.39. The predicted molar refractivity (Wildman–Crippen MR) is 91.4 cm³/mol. The number of likely N-dealkylation sites (tertiary alicyclic amines) is 1. The summed E-state index contributed by atoms with van der Waals surface area (Å²) in [6.45, 7) is 3.67. The number of piperidine rings is 1. The van der Waals surface area contributed by atoms with Gasteiger partial charge in [-0.1, -0.05) is 0 Å². The molecule has 138 valence electrons. The normalized spacial score (nSPS) is 20.7. The van der Waals surface area contributed by atoms with Crippen molar-refractivity contribution in [1.82, 2.24) is 4.90 Å². The molecule has 0 atom stereocenters. The summed E-state index contributed by atoms with van der Waals surface area (Å²) in [5.41, 5.74) is 0.544. The quantitative estimate of drug-likeness (QED) is 0.782. The lowest BCUT2D eigenvalue weighted by atomic mass is 10.0. The van der Waals surface area contributed by atoms with Crippen LogP contribution in [0, 0.1) is 0 Å². The first-order valence-corrected chi connectivity index (χ1v) is 9.84. The maximum Gasteiger partial charge on any atom is 0.238 e. The zero-order chi connectivity index (χ0) is 17.9. The summed E-state index contributed by atoms with van der Waals surface area (Å²) in [4.78, 5) is 14.3. The number of nitrogens with zero attached hydrogens (tertiary/aromatic N) is 1. The Labute approximate surface area is 147 Å². The highest BCUT2D eigenvalue weighted by Crippen LogP contribution is 2.31. The van der Waals surface area contributed by atoms with Crippen LogP contribution in [0.1, 0.15) is 19.3 Å². The zero-order valence-corrected chi connectivity index (χ0v) is 14.8. The number of nitrogens with two attached hydrogens (primary N) is 1. The second-order valence-corrected chi connectivity index (χ2v) is 7.88. The molecule has 0 saturated carbocycles. The van der Waals surface area contributed by atoms with Gasteiger partial charge in [0.05, 0.1) is 18.1 Å². The molecular weight excluding hydrogens is 346 g/mol. The van der Waals surface area contributed by atoms with Gasteiger partial charge < -0.3 is 19.7 Å². The van der Waals surface area contributed by atoms with Gasteiger partial charge in [0.25, 0.3) is 0 Å². The van der Waals surface area contributed by atoms with Crippen molar-refractivity contribution in [2.24, 2.45) is 5.14 Å². The van der Waals surface area contributed by atoms with E-state index < -0.39 is 15.8 Å². The number of rotatable bonds is 5. The molecule has 0 aliphatic carbocycles. The number of hydrogen-bond acceptors (Lipinski definition) is 6. The Morgan fingerprint density at radius 3 is 2.32 bits per heavy atom. The maximum atomic E-state index is 12.1. The van der Waals surface area contributed by atoms with Gasteiger partial charge in [0.1, 0.15) is 0 Å². The van der Waals surface area contributed by atoms with Gasteiger partial charge in [0, 0.05) is 44.6 Å². The van der Waals surface area contributed by atoms with E-state index in [0.717, 1.165) is 25.9 Å². The monoisotopic (exact) mass is 369 g/mol. The molecule has 3 N–H and O–H groups in total. The number of carbonyl (C=O) groups excluding carboxylic acids is 1. The fraction of sp³-hybridized carbons (Fsp3) is 0.562. The molecule has 0 radical (unpaired) electrons. The average Bonchev–Trinajstić information content (AvgIpc) is 3.02. The van der Waals surface area contributed by atoms with E-state index in [2.05, 4.69) is 10.2 Å². The standard InChI is InChI=1S/C16H23N3O5S/c17-25(21,22)14-3-1-13(2-4-14)18-15(20)5-8-19-9-6-16(7-10-19)23-11-12-24-16/h1-4H,5-12H2,(H,18,20)(H2,17,21,22). The molecule has 0 unspecified atom stereocenters. The minimum atomic E-state index is -3.72. The molecule has 25 heavy (non-hydrogen) atoms. The average molecular weight is 369 g/mol. The third-order valence-electron chi connectivity index (χ3n) is 4.55. The van der Waals surface area contributed by atoms with Gasteiger partial charge in [0.15, 0.2) is 5.79 Å². The summed E-state index contributed by atoms with van der Waals surface area (Å²) in [6.07, 6.45) is 2.01. The van der Waals surface area contributed by atoms with Crippen molar-refractivity contribution in [3.05, 3.63) is 24.3 Å². The van der Waals surface area contributed by atoms with Gasteiger partial charge >= 0.3 is 0 Å². The molecule has 2 saturated heterocycles. The van der Waals surface area contributed by atoms with Crippen LogP contribution in [0.4, 0.5) is 5.69 Å². The fourth-order valence-corrected chi connectivity index (χ4v) is 3.63. The van der Waals surface area contributed by atoms with Crippen LogP contribution in [0.15, 0.2) is 29.2 Å². The Hall–Kier alpha value is -1.52. The second kappa shape index (κ2) is 7.38. The molecule has 1 spiro atoms. The van der Waals surface area contributed by atoms with Crippen molar-refractivity contribution in [3.63, 3.8) is 0 Å². The highest BCUT2D eigenvalue weighted by atomic mass is 32.2. The molecule has 2 fully saturated rings. The van der Waals surface area contributed by atoms with Gasteiger partial charge in [-0.3, -0.25) is 4.79 Å². The van der Waals surface area contributed by atoms with Crippen molar-refractivity contribution in [2.75, 3.05) is 38.2 Å². The molecule has 2 aliphatic rings. The Bertz CT molecular complexity index is 704. The first-order valence-electron chi connectivity index (χ1n) is 8.29. The van der Waals surface area contributed by atoms with E-state index in [9.17, 15) is 13.2 Å². The fourth-order valence-electron chi connectivity index (χ4n) is 3.11. The number of benzene rings is 1. The number of carbonyl (C=O) groups is 1. The lowest BCUT2D eigenvalue weighted by molar-refractivity contribution is -0.185. The summed E-state index contributed by atoms with van der Waals surface area (Å²) >= 11 is 0. The molecule has 2 heterocycles. The van der Waals surface area contributed by atoms with E-state index in [4.69, 9.17) is 14.6 Å². The van der Waals surface area contributed by atoms with Crippen LogP contribution < -0.4 is 10.5 Å². The Kier molecular flexibility index (Phi) is 5.40. The molecular formula is C16H23N3O5S. The van der Waals surface area contributed by atoms with Crippen molar-refractivity contribution >= 4 is 21.6 Å².